The Morgan fingerprint density at radius 3 is 2.96 bits per heavy atom. The van der Waals surface area contributed by atoms with Gasteiger partial charge >= 0.3 is 0 Å². The van der Waals surface area contributed by atoms with Crippen molar-refractivity contribution in [3.63, 3.8) is 0 Å². The lowest BCUT2D eigenvalue weighted by atomic mass is 10.3. The van der Waals surface area contributed by atoms with Gasteiger partial charge < -0.3 is 4.42 Å². The van der Waals surface area contributed by atoms with Crippen LogP contribution in [0.25, 0.3) is 32.9 Å². The molecule has 0 radical (unpaired) electrons. The van der Waals surface area contributed by atoms with Crippen LogP contribution in [0.5, 0.6) is 0 Å². The highest BCUT2D eigenvalue weighted by molar-refractivity contribution is 7.19. The monoisotopic (exact) mass is 322 g/mol. The molecule has 0 aliphatic carbocycles. The molecule has 5 aromatic rings. The Morgan fingerprint density at radius 2 is 2.09 bits per heavy atom. The number of furan rings is 1. The third-order valence-electron chi connectivity index (χ3n) is 3.64. The predicted molar refractivity (Wildman–Crippen MR) is 85.3 cm³/mol. The first-order chi connectivity index (χ1) is 11.3. The summed E-state index contributed by atoms with van der Waals surface area (Å²) in [5.41, 5.74) is 2.65. The Balaban J connectivity index is 1.78. The van der Waals surface area contributed by atoms with E-state index in [4.69, 9.17) is 4.42 Å². The largest absolute Gasteiger partial charge is 0.462 e. The smallest absolute Gasteiger partial charge is 0.235 e. The molecular formula is C15H10N6OS. The molecule has 0 atom stereocenters. The number of hydrogen-bond acceptors (Lipinski definition) is 6. The molecule has 0 amide bonds. The van der Waals surface area contributed by atoms with E-state index in [1.54, 1.807) is 10.8 Å². The van der Waals surface area contributed by atoms with Crippen molar-refractivity contribution < 1.29 is 4.42 Å². The van der Waals surface area contributed by atoms with Crippen molar-refractivity contribution in [2.75, 3.05) is 0 Å². The van der Waals surface area contributed by atoms with Gasteiger partial charge in [-0.15, -0.1) is 15.3 Å². The zero-order valence-electron chi connectivity index (χ0n) is 12.0. The molecule has 0 saturated heterocycles. The second-order valence-electron chi connectivity index (χ2n) is 5.08. The first kappa shape index (κ1) is 12.5. The van der Waals surface area contributed by atoms with Gasteiger partial charge in [0.25, 0.3) is 0 Å². The van der Waals surface area contributed by atoms with Crippen LogP contribution >= 0.6 is 11.3 Å². The standard InChI is InChI=1S/C15H10N6OS/c1-9-12(20-7-3-2-6-11(20)16-9)13-17-18-15-21(13)19-14(23-15)10-5-4-8-22-10/h2-8H,1H3. The molecule has 5 heterocycles. The first-order valence-corrected chi connectivity index (χ1v) is 7.83. The van der Waals surface area contributed by atoms with E-state index in [2.05, 4.69) is 20.3 Å². The van der Waals surface area contributed by atoms with Crippen LogP contribution in [0, 0.1) is 6.92 Å². The normalized spacial score (nSPS) is 11.7. The molecule has 7 nitrogen and oxygen atoms in total. The van der Waals surface area contributed by atoms with Gasteiger partial charge in [-0.3, -0.25) is 4.40 Å². The van der Waals surface area contributed by atoms with Crippen molar-refractivity contribution in [2.45, 2.75) is 6.92 Å². The molecule has 0 aromatic carbocycles. The summed E-state index contributed by atoms with van der Waals surface area (Å²) in [5, 5.41) is 13.9. The van der Waals surface area contributed by atoms with Gasteiger partial charge in [0.2, 0.25) is 10.8 Å². The lowest BCUT2D eigenvalue weighted by Gasteiger charge is -1.99. The van der Waals surface area contributed by atoms with Crippen molar-refractivity contribution in [1.82, 2.24) is 29.2 Å². The molecule has 23 heavy (non-hydrogen) atoms. The summed E-state index contributed by atoms with van der Waals surface area (Å²) in [6.45, 7) is 1.96. The maximum atomic E-state index is 5.41. The lowest BCUT2D eigenvalue weighted by molar-refractivity contribution is 0.580. The third-order valence-corrected chi connectivity index (χ3v) is 4.55. The summed E-state index contributed by atoms with van der Waals surface area (Å²) in [4.78, 5) is 5.29. The van der Waals surface area contributed by atoms with Crippen LogP contribution in [0.4, 0.5) is 0 Å². The Morgan fingerprint density at radius 1 is 1.13 bits per heavy atom. The molecule has 0 saturated carbocycles. The number of aryl methyl sites for hydroxylation is 1. The molecule has 0 unspecified atom stereocenters. The molecule has 0 aliphatic heterocycles. The Hall–Kier alpha value is -3.00. The van der Waals surface area contributed by atoms with E-state index in [1.165, 1.54) is 11.3 Å². The number of rotatable bonds is 2. The van der Waals surface area contributed by atoms with Crippen molar-refractivity contribution in [1.29, 1.82) is 0 Å². The molecule has 5 rings (SSSR count). The fourth-order valence-corrected chi connectivity index (χ4v) is 3.45. The van der Waals surface area contributed by atoms with Gasteiger partial charge in [0, 0.05) is 6.20 Å². The van der Waals surface area contributed by atoms with E-state index >= 15 is 0 Å². The Kier molecular flexibility index (Phi) is 2.45. The van der Waals surface area contributed by atoms with Crippen molar-refractivity contribution >= 4 is 21.9 Å². The van der Waals surface area contributed by atoms with Gasteiger partial charge in [0.05, 0.1) is 12.0 Å². The quantitative estimate of drug-likeness (QED) is 0.499. The molecule has 8 heteroatoms. The summed E-state index contributed by atoms with van der Waals surface area (Å²) in [5.74, 6) is 1.39. The summed E-state index contributed by atoms with van der Waals surface area (Å²) >= 11 is 1.44. The predicted octanol–water partition coefficient (Wildman–Crippen LogP) is 3.07. The van der Waals surface area contributed by atoms with E-state index in [9.17, 15) is 0 Å². The summed E-state index contributed by atoms with van der Waals surface area (Å²) in [7, 11) is 0. The summed E-state index contributed by atoms with van der Waals surface area (Å²) in [6.07, 6.45) is 3.60. The van der Waals surface area contributed by atoms with Crippen LogP contribution in [-0.4, -0.2) is 29.2 Å². The number of aromatic nitrogens is 6. The Labute approximate surface area is 133 Å². The van der Waals surface area contributed by atoms with Crippen LogP contribution in [-0.2, 0) is 0 Å². The van der Waals surface area contributed by atoms with Gasteiger partial charge in [-0.05, 0) is 31.2 Å². The van der Waals surface area contributed by atoms with E-state index in [1.807, 2.05) is 47.9 Å². The highest BCUT2D eigenvalue weighted by atomic mass is 32.1. The van der Waals surface area contributed by atoms with E-state index in [-0.39, 0.29) is 0 Å². The Bertz CT molecular complexity index is 1130. The molecular weight excluding hydrogens is 312 g/mol. The number of hydrogen-bond donors (Lipinski definition) is 0. The topological polar surface area (TPSA) is 73.5 Å². The summed E-state index contributed by atoms with van der Waals surface area (Å²) in [6, 6.07) is 9.61. The maximum Gasteiger partial charge on any atom is 0.235 e. The zero-order valence-corrected chi connectivity index (χ0v) is 12.9. The van der Waals surface area contributed by atoms with E-state index < -0.39 is 0 Å². The number of nitrogens with zero attached hydrogens (tertiary/aromatic N) is 6. The van der Waals surface area contributed by atoms with Crippen LogP contribution in [0.3, 0.4) is 0 Å². The van der Waals surface area contributed by atoms with Gasteiger partial charge in [-0.1, -0.05) is 17.4 Å². The molecule has 0 fully saturated rings. The van der Waals surface area contributed by atoms with Gasteiger partial charge in [0.15, 0.2) is 10.8 Å². The summed E-state index contributed by atoms with van der Waals surface area (Å²) < 4.78 is 9.15. The van der Waals surface area contributed by atoms with Gasteiger partial charge in [0.1, 0.15) is 11.3 Å². The highest BCUT2D eigenvalue weighted by Gasteiger charge is 2.20. The maximum absolute atomic E-state index is 5.41. The average molecular weight is 322 g/mol. The second kappa shape index (κ2) is 4.50. The minimum absolute atomic E-state index is 0.672. The highest BCUT2D eigenvalue weighted by Crippen LogP contribution is 2.29. The minimum atomic E-state index is 0.672. The number of fused-ring (bicyclic) bond motifs is 2. The number of imidazole rings is 1. The van der Waals surface area contributed by atoms with Gasteiger partial charge in [-0.25, -0.2) is 4.98 Å². The third kappa shape index (κ3) is 1.75. The fourth-order valence-electron chi connectivity index (χ4n) is 2.65. The second-order valence-corrected chi connectivity index (χ2v) is 6.03. The first-order valence-electron chi connectivity index (χ1n) is 7.01. The lowest BCUT2D eigenvalue weighted by Crippen LogP contribution is -1.96. The minimum Gasteiger partial charge on any atom is -0.462 e. The number of pyridine rings is 1. The van der Waals surface area contributed by atoms with Crippen LogP contribution in [0.1, 0.15) is 5.69 Å². The molecule has 0 aliphatic rings. The van der Waals surface area contributed by atoms with Crippen LogP contribution < -0.4 is 0 Å². The zero-order chi connectivity index (χ0) is 15.4. The van der Waals surface area contributed by atoms with E-state index in [0.717, 1.165) is 32.8 Å². The molecule has 0 bridgehead atoms. The molecule has 5 aromatic heterocycles. The van der Waals surface area contributed by atoms with Crippen molar-refractivity contribution in [3.8, 4) is 22.3 Å². The van der Waals surface area contributed by atoms with Gasteiger partial charge in [-0.2, -0.15) is 4.52 Å². The average Bonchev–Trinajstić information content (AvgIpc) is 3.29. The fraction of sp³-hybridized carbons (Fsp3) is 0.0667. The molecule has 112 valence electrons. The van der Waals surface area contributed by atoms with Crippen molar-refractivity contribution in [3.05, 3.63) is 48.5 Å². The van der Waals surface area contributed by atoms with Crippen molar-refractivity contribution in [2.24, 2.45) is 0 Å². The van der Waals surface area contributed by atoms with E-state index in [0.29, 0.717) is 5.82 Å². The van der Waals surface area contributed by atoms with Crippen LogP contribution in [0.15, 0.2) is 47.2 Å². The van der Waals surface area contributed by atoms with Crippen LogP contribution in [0.2, 0.25) is 0 Å². The molecule has 0 N–H and O–H groups in total. The molecule has 0 spiro atoms. The SMILES string of the molecule is Cc1nc2ccccn2c1-c1nnc2sc(-c3ccco3)nn12.